The fourth-order valence-electron chi connectivity index (χ4n) is 1.39. The molecule has 0 fully saturated rings. The predicted molar refractivity (Wildman–Crippen MR) is 56.6 cm³/mol. The molecule has 2 aromatic heterocycles. The normalized spacial score (nSPS) is 11.3. The third-order valence-corrected chi connectivity index (χ3v) is 2.08. The average Bonchev–Trinajstić information content (AvgIpc) is 2.57. The second-order valence-electron chi connectivity index (χ2n) is 3.29. The van der Waals surface area contributed by atoms with E-state index in [9.17, 15) is 4.79 Å². The molecule has 0 radical (unpaired) electrons. The van der Waals surface area contributed by atoms with E-state index in [1.165, 1.54) is 6.08 Å². The highest BCUT2D eigenvalue weighted by Crippen LogP contribution is 2.09. The number of pyridine rings is 1. The zero-order valence-corrected chi connectivity index (χ0v) is 8.21. The highest BCUT2D eigenvalue weighted by atomic mass is 16.4. The third-order valence-electron chi connectivity index (χ3n) is 2.08. The molecule has 2 aromatic rings. The molecule has 0 spiro atoms. The van der Waals surface area contributed by atoms with Crippen molar-refractivity contribution in [3.8, 4) is 0 Å². The molecule has 0 unspecified atom stereocenters. The number of aryl methyl sites for hydroxylation is 1. The van der Waals surface area contributed by atoms with Gasteiger partial charge in [-0.1, -0.05) is 6.07 Å². The van der Waals surface area contributed by atoms with E-state index in [0.717, 1.165) is 23.0 Å². The highest BCUT2D eigenvalue weighted by Gasteiger charge is 1.99. The molecule has 2 rings (SSSR count). The number of rotatable bonds is 2. The monoisotopic (exact) mass is 202 g/mol. The van der Waals surface area contributed by atoms with Gasteiger partial charge < -0.3 is 9.51 Å². The standard InChI is InChI=1S/C11H10N2O2/c1-8-2-4-10-12-6-9(13(10)7-8)3-5-11(14)15/h2-7H,1H3,(H,14,15)/b5-3+. The maximum Gasteiger partial charge on any atom is 0.328 e. The van der Waals surface area contributed by atoms with Gasteiger partial charge >= 0.3 is 5.97 Å². The summed E-state index contributed by atoms with van der Waals surface area (Å²) in [6, 6.07) is 3.86. The van der Waals surface area contributed by atoms with Crippen LogP contribution in [0.4, 0.5) is 0 Å². The minimum Gasteiger partial charge on any atom is -0.478 e. The number of hydrogen-bond donors (Lipinski definition) is 1. The molecule has 76 valence electrons. The van der Waals surface area contributed by atoms with E-state index in [1.807, 2.05) is 29.7 Å². The maximum absolute atomic E-state index is 10.4. The summed E-state index contributed by atoms with van der Waals surface area (Å²) in [7, 11) is 0. The molecule has 0 aliphatic carbocycles. The number of nitrogens with zero attached hydrogens (tertiary/aromatic N) is 2. The predicted octanol–water partition coefficient (Wildman–Crippen LogP) is 1.74. The lowest BCUT2D eigenvalue weighted by Gasteiger charge is -1.97. The van der Waals surface area contributed by atoms with Crippen LogP contribution in [0.1, 0.15) is 11.3 Å². The molecular weight excluding hydrogens is 192 g/mol. The molecule has 2 heterocycles. The van der Waals surface area contributed by atoms with Gasteiger partial charge in [-0.2, -0.15) is 0 Å². The van der Waals surface area contributed by atoms with Crippen molar-refractivity contribution in [1.82, 2.24) is 9.38 Å². The Kier molecular flexibility index (Phi) is 2.25. The number of carboxylic acids is 1. The molecule has 0 saturated heterocycles. The van der Waals surface area contributed by atoms with Crippen molar-refractivity contribution in [3.63, 3.8) is 0 Å². The molecule has 0 amide bonds. The first kappa shape index (κ1) is 9.45. The number of carboxylic acid groups (broad SMARTS) is 1. The lowest BCUT2D eigenvalue weighted by molar-refractivity contribution is -0.131. The number of carbonyl (C=O) groups is 1. The van der Waals surface area contributed by atoms with Crippen LogP contribution in [0.3, 0.4) is 0 Å². The molecule has 4 nitrogen and oxygen atoms in total. The molecule has 15 heavy (non-hydrogen) atoms. The van der Waals surface area contributed by atoms with Crippen molar-refractivity contribution >= 4 is 17.7 Å². The van der Waals surface area contributed by atoms with Crippen LogP contribution in [0, 0.1) is 6.92 Å². The lowest BCUT2D eigenvalue weighted by Crippen LogP contribution is -1.90. The fraction of sp³-hybridized carbons (Fsp3) is 0.0909. The van der Waals surface area contributed by atoms with Crippen LogP contribution in [0.15, 0.2) is 30.6 Å². The van der Waals surface area contributed by atoms with Gasteiger partial charge in [-0.05, 0) is 24.6 Å². The van der Waals surface area contributed by atoms with Crippen molar-refractivity contribution in [2.24, 2.45) is 0 Å². The Bertz CT molecular complexity index is 541. The fourth-order valence-corrected chi connectivity index (χ4v) is 1.39. The molecule has 0 aliphatic rings. The Balaban J connectivity index is 2.52. The Morgan fingerprint density at radius 1 is 1.53 bits per heavy atom. The van der Waals surface area contributed by atoms with E-state index >= 15 is 0 Å². The molecule has 0 bridgehead atoms. The van der Waals surface area contributed by atoms with Gasteiger partial charge in [0.05, 0.1) is 11.9 Å². The van der Waals surface area contributed by atoms with Gasteiger partial charge in [-0.15, -0.1) is 0 Å². The largest absolute Gasteiger partial charge is 0.478 e. The Labute approximate surface area is 86.5 Å². The molecule has 0 aliphatic heterocycles. The quantitative estimate of drug-likeness (QED) is 0.754. The number of aliphatic carboxylic acids is 1. The molecule has 0 saturated carbocycles. The minimum atomic E-state index is -0.961. The summed E-state index contributed by atoms with van der Waals surface area (Å²) >= 11 is 0. The second-order valence-corrected chi connectivity index (χ2v) is 3.29. The number of hydrogen-bond acceptors (Lipinski definition) is 2. The zero-order valence-electron chi connectivity index (χ0n) is 8.21. The molecule has 1 N–H and O–H groups in total. The van der Waals surface area contributed by atoms with Crippen molar-refractivity contribution in [2.75, 3.05) is 0 Å². The van der Waals surface area contributed by atoms with Gasteiger partial charge in [-0.3, -0.25) is 0 Å². The highest BCUT2D eigenvalue weighted by molar-refractivity contribution is 5.85. The zero-order chi connectivity index (χ0) is 10.8. The number of imidazole rings is 1. The topological polar surface area (TPSA) is 54.6 Å². The first-order valence-electron chi connectivity index (χ1n) is 4.51. The molecule has 4 heteroatoms. The van der Waals surface area contributed by atoms with Crippen LogP contribution in [-0.2, 0) is 4.79 Å². The van der Waals surface area contributed by atoms with Gasteiger partial charge in [-0.25, -0.2) is 9.78 Å². The van der Waals surface area contributed by atoms with E-state index in [0.29, 0.717) is 0 Å². The van der Waals surface area contributed by atoms with Gasteiger partial charge in [0.25, 0.3) is 0 Å². The summed E-state index contributed by atoms with van der Waals surface area (Å²) in [6.45, 7) is 1.98. The summed E-state index contributed by atoms with van der Waals surface area (Å²) in [5.41, 5.74) is 2.67. The van der Waals surface area contributed by atoms with Gasteiger partial charge in [0.1, 0.15) is 5.65 Å². The Morgan fingerprint density at radius 2 is 2.33 bits per heavy atom. The van der Waals surface area contributed by atoms with Gasteiger partial charge in [0.15, 0.2) is 0 Å². The first-order chi connectivity index (χ1) is 7.16. The maximum atomic E-state index is 10.4. The Morgan fingerprint density at radius 3 is 3.07 bits per heavy atom. The summed E-state index contributed by atoms with van der Waals surface area (Å²) < 4.78 is 1.86. The van der Waals surface area contributed by atoms with Crippen LogP contribution >= 0.6 is 0 Å². The second kappa shape index (κ2) is 3.57. The lowest BCUT2D eigenvalue weighted by atomic mass is 10.3. The van der Waals surface area contributed by atoms with Crippen molar-refractivity contribution < 1.29 is 9.90 Å². The SMILES string of the molecule is Cc1ccc2ncc(/C=C/C(=O)O)n2c1. The summed E-state index contributed by atoms with van der Waals surface area (Å²) in [5.74, 6) is -0.961. The molecule has 0 aromatic carbocycles. The van der Waals surface area contributed by atoms with Crippen LogP contribution < -0.4 is 0 Å². The summed E-state index contributed by atoms with van der Waals surface area (Å²) in [6.07, 6.45) is 6.20. The van der Waals surface area contributed by atoms with Gasteiger partial charge in [0, 0.05) is 12.3 Å². The van der Waals surface area contributed by atoms with E-state index in [2.05, 4.69) is 4.98 Å². The van der Waals surface area contributed by atoms with Crippen LogP contribution in [0.25, 0.3) is 11.7 Å². The average molecular weight is 202 g/mol. The van der Waals surface area contributed by atoms with Crippen LogP contribution in [0.2, 0.25) is 0 Å². The van der Waals surface area contributed by atoms with Crippen LogP contribution in [-0.4, -0.2) is 20.5 Å². The van der Waals surface area contributed by atoms with E-state index in [1.54, 1.807) is 6.20 Å². The molecular formula is C11H10N2O2. The van der Waals surface area contributed by atoms with Crippen molar-refractivity contribution in [3.05, 3.63) is 41.9 Å². The number of fused-ring (bicyclic) bond motifs is 1. The van der Waals surface area contributed by atoms with Gasteiger partial charge in [0.2, 0.25) is 0 Å². The first-order valence-corrected chi connectivity index (χ1v) is 4.51. The van der Waals surface area contributed by atoms with E-state index in [4.69, 9.17) is 5.11 Å². The third kappa shape index (κ3) is 1.88. The van der Waals surface area contributed by atoms with Crippen molar-refractivity contribution in [2.45, 2.75) is 6.92 Å². The number of aromatic nitrogens is 2. The van der Waals surface area contributed by atoms with Crippen LogP contribution in [0.5, 0.6) is 0 Å². The van der Waals surface area contributed by atoms with E-state index < -0.39 is 5.97 Å². The smallest absolute Gasteiger partial charge is 0.328 e. The summed E-state index contributed by atoms with van der Waals surface area (Å²) in [4.78, 5) is 14.5. The Hall–Kier alpha value is -2.10. The minimum absolute atomic E-state index is 0.760. The summed E-state index contributed by atoms with van der Waals surface area (Å²) in [5, 5.41) is 8.52. The van der Waals surface area contributed by atoms with Crippen molar-refractivity contribution in [1.29, 1.82) is 0 Å². The van der Waals surface area contributed by atoms with E-state index in [-0.39, 0.29) is 0 Å². The molecule has 0 atom stereocenters.